The molecule has 0 atom stereocenters. The maximum absolute atomic E-state index is 12.0. The third-order valence-corrected chi connectivity index (χ3v) is 0.828. The number of nitrogens with zero attached hydrogens (tertiary/aromatic N) is 2. The minimum Gasteiger partial charge on any atom is -0.386 e. The van der Waals surface area contributed by atoms with E-state index in [1.807, 2.05) is 0 Å². The van der Waals surface area contributed by atoms with Gasteiger partial charge in [-0.25, -0.2) is 0 Å². The van der Waals surface area contributed by atoms with E-state index in [0.29, 0.717) is 6.07 Å². The first-order chi connectivity index (χ1) is 5.47. The summed E-state index contributed by atoms with van der Waals surface area (Å²) in [7, 11) is 0. The Morgan fingerprint density at radius 3 is 2.25 bits per heavy atom. The first-order valence-corrected chi connectivity index (χ1v) is 2.72. The molecule has 0 aliphatic heterocycles. The molecule has 3 nitrogen and oxygen atoms in total. The maximum Gasteiger partial charge on any atom is 0.574 e. The van der Waals surface area contributed by atoms with Crippen molar-refractivity contribution in [1.29, 1.82) is 0 Å². The second kappa shape index (κ2) is 2.92. The molecule has 0 aromatic carbocycles. The summed E-state index contributed by atoms with van der Waals surface area (Å²) in [6.07, 6.45) is -4.83. The quantitative estimate of drug-likeness (QED) is 0.617. The molecule has 0 spiro atoms. The largest absolute Gasteiger partial charge is 0.574 e. The molecule has 1 aromatic rings. The highest BCUT2D eigenvalue weighted by Crippen LogP contribution is 2.19. The van der Waals surface area contributed by atoms with Crippen molar-refractivity contribution in [2.75, 3.05) is 0 Å². The Bertz CT molecular complexity index is 257. The van der Waals surface area contributed by atoms with Crippen LogP contribution in [0.2, 0.25) is 0 Å². The number of rotatable bonds is 1. The van der Waals surface area contributed by atoms with Gasteiger partial charge < -0.3 is 4.74 Å². The van der Waals surface area contributed by atoms with Gasteiger partial charge in [0.2, 0.25) is 11.8 Å². The van der Waals surface area contributed by atoms with Crippen molar-refractivity contribution < 1.29 is 22.3 Å². The van der Waals surface area contributed by atoms with Crippen molar-refractivity contribution >= 4 is 0 Å². The van der Waals surface area contributed by atoms with E-state index < -0.39 is 18.2 Å². The predicted molar refractivity (Wildman–Crippen MR) is 28.7 cm³/mol. The number of hydrogen-bond acceptors (Lipinski definition) is 3. The Balaban J connectivity index is 2.71. The zero-order valence-corrected chi connectivity index (χ0v) is 5.47. The number of alkyl halides is 3. The zero-order valence-electron chi connectivity index (χ0n) is 5.47. The number of aromatic nitrogens is 2. The van der Waals surface area contributed by atoms with Gasteiger partial charge in [0.1, 0.15) is 0 Å². The molecular formula is C5H2F4N2O. The number of hydrogen-bond donors (Lipinski definition) is 0. The first-order valence-electron chi connectivity index (χ1n) is 2.72. The van der Waals surface area contributed by atoms with Crippen LogP contribution in [0.25, 0.3) is 0 Å². The Morgan fingerprint density at radius 1 is 1.17 bits per heavy atom. The molecule has 0 bridgehead atoms. The van der Waals surface area contributed by atoms with E-state index in [1.54, 1.807) is 0 Å². The summed E-state index contributed by atoms with van der Waals surface area (Å²) in [6, 6.07) is 1.45. The monoisotopic (exact) mass is 182 g/mol. The standard InChI is InChI=1S/C5H2F4N2O/c6-3-1-2-4(11-10-3)12-5(7,8)9/h1-2H. The molecule has 1 aromatic heterocycles. The van der Waals surface area contributed by atoms with E-state index in [1.165, 1.54) is 0 Å². The van der Waals surface area contributed by atoms with Crippen molar-refractivity contribution in [3.63, 3.8) is 0 Å². The summed E-state index contributed by atoms with van der Waals surface area (Å²) in [5.74, 6) is -1.76. The summed E-state index contributed by atoms with van der Waals surface area (Å²) >= 11 is 0. The summed E-state index contributed by atoms with van der Waals surface area (Å²) in [5, 5.41) is 5.52. The van der Waals surface area contributed by atoms with Crippen LogP contribution in [0.1, 0.15) is 0 Å². The van der Waals surface area contributed by atoms with Crippen LogP contribution in [-0.2, 0) is 0 Å². The molecule has 0 aliphatic carbocycles. The summed E-state index contributed by atoms with van der Waals surface area (Å²) in [6.45, 7) is 0. The lowest BCUT2D eigenvalue weighted by molar-refractivity contribution is -0.276. The van der Waals surface area contributed by atoms with Crippen molar-refractivity contribution in [3.05, 3.63) is 18.1 Å². The average Bonchev–Trinajstić information content (AvgIpc) is 1.91. The number of ether oxygens (including phenoxy) is 1. The summed E-state index contributed by atoms with van der Waals surface area (Å²) in [5.41, 5.74) is 0. The van der Waals surface area contributed by atoms with E-state index >= 15 is 0 Å². The summed E-state index contributed by atoms with van der Waals surface area (Å²) in [4.78, 5) is 0. The highest BCUT2D eigenvalue weighted by atomic mass is 19.4. The van der Waals surface area contributed by atoms with Gasteiger partial charge in [-0.05, 0) is 0 Å². The van der Waals surface area contributed by atoms with Gasteiger partial charge in [0.15, 0.2) is 0 Å². The van der Waals surface area contributed by atoms with E-state index in [-0.39, 0.29) is 0 Å². The molecule has 0 saturated heterocycles. The van der Waals surface area contributed by atoms with Crippen LogP contribution >= 0.6 is 0 Å². The fourth-order valence-electron chi connectivity index (χ4n) is 0.477. The third-order valence-electron chi connectivity index (χ3n) is 0.828. The molecule has 0 fully saturated rings. The minimum absolute atomic E-state index is 0.716. The van der Waals surface area contributed by atoms with Crippen LogP contribution in [0.4, 0.5) is 17.6 Å². The normalized spacial score (nSPS) is 11.3. The van der Waals surface area contributed by atoms with Crippen LogP contribution in [-0.4, -0.2) is 16.6 Å². The Kier molecular flexibility index (Phi) is 2.11. The topological polar surface area (TPSA) is 35.0 Å². The van der Waals surface area contributed by atoms with Crippen molar-refractivity contribution in [2.45, 2.75) is 6.36 Å². The Morgan fingerprint density at radius 2 is 1.83 bits per heavy atom. The van der Waals surface area contributed by atoms with Gasteiger partial charge in [0.05, 0.1) is 0 Å². The highest BCUT2D eigenvalue weighted by molar-refractivity contribution is 5.06. The van der Waals surface area contributed by atoms with Crippen LogP contribution in [0.3, 0.4) is 0 Å². The SMILES string of the molecule is Fc1ccc(OC(F)(F)F)nn1. The lowest BCUT2D eigenvalue weighted by atomic mass is 10.6. The second-order valence-corrected chi connectivity index (χ2v) is 1.74. The third kappa shape index (κ3) is 2.69. The van der Waals surface area contributed by atoms with E-state index in [0.717, 1.165) is 6.07 Å². The lowest BCUT2D eigenvalue weighted by Gasteiger charge is -2.05. The van der Waals surface area contributed by atoms with Crippen LogP contribution < -0.4 is 4.74 Å². The van der Waals surface area contributed by atoms with E-state index in [4.69, 9.17) is 0 Å². The second-order valence-electron chi connectivity index (χ2n) is 1.74. The van der Waals surface area contributed by atoms with Crippen molar-refractivity contribution in [2.24, 2.45) is 0 Å². The first kappa shape index (κ1) is 8.69. The van der Waals surface area contributed by atoms with E-state index in [2.05, 4.69) is 14.9 Å². The molecule has 1 rings (SSSR count). The van der Waals surface area contributed by atoms with Gasteiger partial charge >= 0.3 is 6.36 Å². The molecule has 0 amide bonds. The van der Waals surface area contributed by atoms with Crippen LogP contribution in [0.5, 0.6) is 5.88 Å². The maximum atomic E-state index is 12.0. The minimum atomic E-state index is -4.83. The van der Waals surface area contributed by atoms with Gasteiger partial charge in [-0.2, -0.15) is 4.39 Å². The van der Waals surface area contributed by atoms with Gasteiger partial charge in [0.25, 0.3) is 0 Å². The number of halogens is 4. The Hall–Kier alpha value is -1.40. The molecule has 66 valence electrons. The smallest absolute Gasteiger partial charge is 0.386 e. The molecule has 0 aliphatic rings. The van der Waals surface area contributed by atoms with Gasteiger partial charge in [-0.15, -0.1) is 23.4 Å². The van der Waals surface area contributed by atoms with E-state index in [9.17, 15) is 17.6 Å². The van der Waals surface area contributed by atoms with Crippen LogP contribution in [0, 0.1) is 5.95 Å². The van der Waals surface area contributed by atoms with Crippen molar-refractivity contribution in [3.8, 4) is 5.88 Å². The fraction of sp³-hybridized carbons (Fsp3) is 0.200. The Labute approximate surface area is 64.0 Å². The van der Waals surface area contributed by atoms with Gasteiger partial charge in [0, 0.05) is 12.1 Å². The summed E-state index contributed by atoms with van der Waals surface area (Å²) < 4.78 is 49.7. The molecule has 1 heterocycles. The van der Waals surface area contributed by atoms with Crippen LogP contribution in [0.15, 0.2) is 12.1 Å². The predicted octanol–water partition coefficient (Wildman–Crippen LogP) is 1.51. The van der Waals surface area contributed by atoms with Crippen molar-refractivity contribution in [1.82, 2.24) is 10.2 Å². The average molecular weight is 182 g/mol. The highest BCUT2D eigenvalue weighted by Gasteiger charge is 2.31. The molecule has 0 N–H and O–H groups in total. The molecule has 7 heteroatoms. The lowest BCUT2D eigenvalue weighted by Crippen LogP contribution is -2.18. The molecule has 0 unspecified atom stereocenters. The van der Waals surface area contributed by atoms with Gasteiger partial charge in [-0.3, -0.25) is 0 Å². The zero-order chi connectivity index (χ0) is 9.19. The molecular weight excluding hydrogens is 180 g/mol. The fourth-order valence-corrected chi connectivity index (χ4v) is 0.477. The molecule has 0 saturated carbocycles. The molecule has 0 radical (unpaired) electrons. The van der Waals surface area contributed by atoms with Gasteiger partial charge in [-0.1, -0.05) is 0 Å². The molecule has 12 heavy (non-hydrogen) atoms.